The summed E-state index contributed by atoms with van der Waals surface area (Å²) in [6.07, 6.45) is -0.908. The third-order valence-electron chi connectivity index (χ3n) is 2.66. The summed E-state index contributed by atoms with van der Waals surface area (Å²) in [5.41, 5.74) is 4.70. The second kappa shape index (κ2) is 4.32. The van der Waals surface area contributed by atoms with Crippen LogP contribution in [0.1, 0.15) is 12.6 Å². The van der Waals surface area contributed by atoms with Crippen LogP contribution in [0.25, 0.3) is 0 Å². The SMILES string of the molecule is Nc1nc(=O)c(O)cn1[C@H]1C[C@H](O)[C@@H](CO)O1. The van der Waals surface area contributed by atoms with E-state index in [1.54, 1.807) is 0 Å². The Kier molecular flexibility index (Phi) is 3.01. The highest BCUT2D eigenvalue weighted by molar-refractivity contribution is 5.24. The number of nitrogens with zero attached hydrogens (tertiary/aromatic N) is 2. The largest absolute Gasteiger partial charge is 0.502 e. The van der Waals surface area contributed by atoms with E-state index in [-0.39, 0.29) is 19.0 Å². The van der Waals surface area contributed by atoms with Gasteiger partial charge in [0.2, 0.25) is 5.95 Å². The van der Waals surface area contributed by atoms with Crippen molar-refractivity contribution in [1.29, 1.82) is 0 Å². The van der Waals surface area contributed by atoms with E-state index >= 15 is 0 Å². The number of aliphatic hydroxyl groups excluding tert-OH is 2. The minimum Gasteiger partial charge on any atom is -0.502 e. The highest BCUT2D eigenvalue weighted by atomic mass is 16.5. The van der Waals surface area contributed by atoms with E-state index < -0.39 is 29.7 Å². The Balaban J connectivity index is 2.30. The number of aromatic hydroxyl groups is 1. The van der Waals surface area contributed by atoms with Gasteiger partial charge in [-0.1, -0.05) is 0 Å². The molecule has 1 aliphatic heterocycles. The molecule has 1 aromatic heterocycles. The molecule has 0 saturated carbocycles. The predicted octanol–water partition coefficient (Wildman–Crippen LogP) is -1.83. The van der Waals surface area contributed by atoms with Gasteiger partial charge in [0.05, 0.1) is 18.9 Å². The van der Waals surface area contributed by atoms with Crippen LogP contribution in [0, 0.1) is 0 Å². The summed E-state index contributed by atoms with van der Waals surface area (Å²) in [4.78, 5) is 14.4. The Bertz CT molecular complexity index is 474. The summed E-state index contributed by atoms with van der Waals surface area (Å²) in [7, 11) is 0. The maximum absolute atomic E-state index is 11.0. The van der Waals surface area contributed by atoms with Crippen molar-refractivity contribution < 1.29 is 20.1 Å². The molecule has 1 fully saturated rings. The van der Waals surface area contributed by atoms with Gasteiger partial charge in [0, 0.05) is 6.42 Å². The fraction of sp³-hybridized carbons (Fsp3) is 0.556. The van der Waals surface area contributed by atoms with Gasteiger partial charge in [0.1, 0.15) is 12.3 Å². The van der Waals surface area contributed by atoms with Crippen LogP contribution < -0.4 is 11.3 Å². The Hall–Kier alpha value is -1.64. The average Bonchev–Trinajstić information content (AvgIpc) is 2.65. The highest BCUT2D eigenvalue weighted by Crippen LogP contribution is 2.29. The molecular formula is C9H13N3O5. The van der Waals surface area contributed by atoms with Crippen molar-refractivity contribution in [3.63, 3.8) is 0 Å². The molecule has 8 heteroatoms. The summed E-state index contributed by atoms with van der Waals surface area (Å²) in [6.45, 7) is -0.322. The van der Waals surface area contributed by atoms with Crippen molar-refractivity contribution in [2.24, 2.45) is 0 Å². The zero-order valence-electron chi connectivity index (χ0n) is 8.85. The number of ether oxygens (including phenoxy) is 1. The second-order valence-electron chi connectivity index (χ2n) is 3.81. The van der Waals surface area contributed by atoms with Crippen molar-refractivity contribution >= 4 is 5.95 Å². The van der Waals surface area contributed by atoms with Gasteiger partial charge < -0.3 is 25.8 Å². The molecule has 0 amide bonds. The molecule has 17 heavy (non-hydrogen) atoms. The summed E-state index contributed by atoms with van der Waals surface area (Å²) in [5.74, 6) is -0.673. The molecule has 1 saturated heterocycles. The smallest absolute Gasteiger partial charge is 0.316 e. The number of rotatable bonds is 2. The molecule has 1 aromatic rings. The molecule has 0 aliphatic carbocycles. The van der Waals surface area contributed by atoms with Gasteiger partial charge in [-0.05, 0) is 0 Å². The molecule has 0 unspecified atom stereocenters. The van der Waals surface area contributed by atoms with Gasteiger partial charge in [-0.2, -0.15) is 4.98 Å². The van der Waals surface area contributed by atoms with Crippen molar-refractivity contribution in [3.8, 4) is 5.75 Å². The second-order valence-corrected chi connectivity index (χ2v) is 3.81. The molecule has 0 spiro atoms. The summed E-state index contributed by atoms with van der Waals surface area (Å²) in [6, 6.07) is 0. The van der Waals surface area contributed by atoms with E-state index in [4.69, 9.17) is 15.6 Å². The molecule has 8 nitrogen and oxygen atoms in total. The van der Waals surface area contributed by atoms with Crippen LogP contribution in [0.2, 0.25) is 0 Å². The summed E-state index contributed by atoms with van der Waals surface area (Å²) >= 11 is 0. The fourth-order valence-corrected chi connectivity index (χ4v) is 1.75. The van der Waals surface area contributed by atoms with Gasteiger partial charge in [0.25, 0.3) is 0 Å². The van der Waals surface area contributed by atoms with Crippen LogP contribution in [0.4, 0.5) is 5.95 Å². The maximum Gasteiger partial charge on any atom is 0.316 e. The third kappa shape index (κ3) is 2.09. The quantitative estimate of drug-likeness (QED) is 0.480. The van der Waals surface area contributed by atoms with Gasteiger partial charge in [0.15, 0.2) is 5.75 Å². The molecule has 5 N–H and O–H groups in total. The number of aromatic nitrogens is 2. The minimum atomic E-state index is -0.828. The first-order valence-electron chi connectivity index (χ1n) is 5.05. The zero-order chi connectivity index (χ0) is 12.6. The third-order valence-corrected chi connectivity index (χ3v) is 2.66. The molecule has 0 bridgehead atoms. The number of hydrogen-bond donors (Lipinski definition) is 4. The van der Waals surface area contributed by atoms with Crippen molar-refractivity contribution in [3.05, 3.63) is 16.6 Å². The first kappa shape index (κ1) is 11.8. The lowest BCUT2D eigenvalue weighted by Crippen LogP contribution is -2.24. The fourth-order valence-electron chi connectivity index (χ4n) is 1.75. The lowest BCUT2D eigenvalue weighted by molar-refractivity contribution is -0.0441. The molecular weight excluding hydrogens is 230 g/mol. The normalized spacial score (nSPS) is 28.5. The standard InChI is InChI=1S/C9H13N3O5/c10-9-11-8(16)5(15)2-12(9)7-1-4(14)6(3-13)17-7/h2,4,6-7,13-15H,1,3H2,(H2,10,11,16)/t4-,6+,7+/m0/s1. The lowest BCUT2D eigenvalue weighted by atomic mass is 10.2. The maximum atomic E-state index is 11.0. The van der Waals surface area contributed by atoms with Crippen molar-refractivity contribution in [2.45, 2.75) is 24.9 Å². The number of hydrogen-bond acceptors (Lipinski definition) is 7. The van der Waals surface area contributed by atoms with Gasteiger partial charge in [-0.15, -0.1) is 0 Å². The number of nitrogen functional groups attached to an aromatic ring is 1. The molecule has 94 valence electrons. The van der Waals surface area contributed by atoms with Crippen molar-refractivity contribution in [2.75, 3.05) is 12.3 Å². The van der Waals surface area contributed by atoms with Gasteiger partial charge in [-0.25, -0.2) is 0 Å². The topological polar surface area (TPSA) is 131 Å². The van der Waals surface area contributed by atoms with Crippen LogP contribution in [-0.4, -0.2) is 43.7 Å². The first-order chi connectivity index (χ1) is 8.02. The monoisotopic (exact) mass is 243 g/mol. The van der Waals surface area contributed by atoms with E-state index in [2.05, 4.69) is 4.98 Å². The molecule has 0 aromatic carbocycles. The zero-order valence-corrected chi connectivity index (χ0v) is 8.85. The number of anilines is 1. The van der Waals surface area contributed by atoms with Gasteiger partial charge in [-0.3, -0.25) is 9.36 Å². The van der Waals surface area contributed by atoms with Crippen LogP contribution in [-0.2, 0) is 4.74 Å². The predicted molar refractivity (Wildman–Crippen MR) is 56.2 cm³/mol. The van der Waals surface area contributed by atoms with Crippen LogP contribution in [0.3, 0.4) is 0 Å². The molecule has 2 heterocycles. The Morgan fingerprint density at radius 2 is 2.35 bits per heavy atom. The highest BCUT2D eigenvalue weighted by Gasteiger charge is 2.35. The van der Waals surface area contributed by atoms with E-state index in [1.807, 2.05) is 0 Å². The molecule has 0 radical (unpaired) electrons. The van der Waals surface area contributed by atoms with Crippen LogP contribution in [0.15, 0.2) is 11.0 Å². The van der Waals surface area contributed by atoms with E-state index in [0.29, 0.717) is 0 Å². The Morgan fingerprint density at radius 1 is 1.65 bits per heavy atom. The summed E-state index contributed by atoms with van der Waals surface area (Å²) in [5, 5.41) is 27.7. The number of aliphatic hydroxyl groups is 2. The summed E-state index contributed by atoms with van der Waals surface area (Å²) < 4.78 is 6.56. The van der Waals surface area contributed by atoms with Crippen LogP contribution in [0.5, 0.6) is 5.75 Å². The van der Waals surface area contributed by atoms with Crippen LogP contribution >= 0.6 is 0 Å². The minimum absolute atomic E-state index is 0.122. The lowest BCUT2D eigenvalue weighted by Gasteiger charge is -2.16. The van der Waals surface area contributed by atoms with E-state index in [1.165, 1.54) is 4.57 Å². The average molecular weight is 243 g/mol. The number of nitrogens with two attached hydrogens (primary N) is 1. The first-order valence-corrected chi connectivity index (χ1v) is 5.05. The van der Waals surface area contributed by atoms with Crippen molar-refractivity contribution in [1.82, 2.24) is 9.55 Å². The molecule has 3 atom stereocenters. The van der Waals surface area contributed by atoms with E-state index in [9.17, 15) is 15.0 Å². The Labute approximate surface area is 95.9 Å². The molecule has 1 aliphatic rings. The Morgan fingerprint density at radius 3 is 2.94 bits per heavy atom. The molecule has 2 rings (SSSR count). The van der Waals surface area contributed by atoms with Gasteiger partial charge >= 0.3 is 5.56 Å². The van der Waals surface area contributed by atoms with E-state index in [0.717, 1.165) is 6.20 Å².